The molecule has 0 aliphatic rings. The highest BCUT2D eigenvalue weighted by Gasteiger charge is 2.29. The molecule has 1 unspecified atom stereocenters. The molecule has 0 saturated heterocycles. The third-order valence-electron chi connectivity index (χ3n) is 2.96. The molecule has 114 valence electrons. The number of aromatic nitrogens is 2. The van der Waals surface area contributed by atoms with Gasteiger partial charge in [-0.25, -0.2) is 9.97 Å². The van der Waals surface area contributed by atoms with Gasteiger partial charge in [-0.05, 0) is 24.8 Å². The van der Waals surface area contributed by atoms with Gasteiger partial charge in [-0.3, -0.25) is 0 Å². The van der Waals surface area contributed by atoms with E-state index in [1.807, 2.05) is 19.3 Å². The van der Waals surface area contributed by atoms with E-state index in [2.05, 4.69) is 49.9 Å². The van der Waals surface area contributed by atoms with Gasteiger partial charge in [0.1, 0.15) is 6.10 Å². The molecule has 0 spiro atoms. The molecule has 1 heterocycles. The van der Waals surface area contributed by atoms with E-state index in [1.54, 1.807) is 0 Å². The Morgan fingerprint density at radius 2 is 1.80 bits per heavy atom. The van der Waals surface area contributed by atoms with Crippen molar-refractivity contribution in [3.63, 3.8) is 0 Å². The molecule has 0 bridgehead atoms. The molecule has 0 saturated carbocycles. The maximum Gasteiger partial charge on any atom is 0.157 e. The molecule has 0 fully saturated rings. The second-order valence-electron chi connectivity index (χ2n) is 6.68. The zero-order valence-electron chi connectivity index (χ0n) is 13.7. The summed E-state index contributed by atoms with van der Waals surface area (Å²) < 4.78 is 5.80. The number of hydrogen-bond acceptors (Lipinski definition) is 4. The minimum Gasteiger partial charge on any atom is -0.370 e. The average molecular weight is 279 g/mol. The van der Waals surface area contributed by atoms with Crippen LogP contribution < -0.4 is 5.32 Å². The van der Waals surface area contributed by atoms with Crippen LogP contribution in [0.15, 0.2) is 12.4 Å². The van der Waals surface area contributed by atoms with Crippen LogP contribution in [0.25, 0.3) is 0 Å². The van der Waals surface area contributed by atoms with Crippen LogP contribution in [0.2, 0.25) is 0 Å². The molecule has 0 aliphatic heterocycles. The summed E-state index contributed by atoms with van der Waals surface area (Å²) in [4.78, 5) is 8.97. The normalized spacial score (nSPS) is 13.8. The average Bonchev–Trinajstić information content (AvgIpc) is 2.35. The van der Waals surface area contributed by atoms with E-state index < -0.39 is 0 Å². The van der Waals surface area contributed by atoms with Gasteiger partial charge in [0.15, 0.2) is 5.82 Å². The Balaban J connectivity index is 2.68. The van der Waals surface area contributed by atoms with Crippen LogP contribution in [0.4, 0.5) is 0 Å². The van der Waals surface area contributed by atoms with Gasteiger partial charge >= 0.3 is 0 Å². The first kappa shape index (κ1) is 17.1. The van der Waals surface area contributed by atoms with E-state index in [1.165, 1.54) is 0 Å². The molecule has 1 N–H and O–H groups in total. The lowest BCUT2D eigenvalue weighted by molar-refractivity contribution is -0.0191. The van der Waals surface area contributed by atoms with E-state index in [-0.39, 0.29) is 11.5 Å². The van der Waals surface area contributed by atoms with Crippen molar-refractivity contribution in [2.24, 2.45) is 11.3 Å². The van der Waals surface area contributed by atoms with Crippen LogP contribution in [0.3, 0.4) is 0 Å². The van der Waals surface area contributed by atoms with Crippen LogP contribution in [0, 0.1) is 11.3 Å². The minimum atomic E-state index is -0.0647. The Kier molecular flexibility index (Phi) is 6.56. The lowest BCUT2D eigenvalue weighted by atomic mass is 9.88. The molecular formula is C16H29N3O. The monoisotopic (exact) mass is 279 g/mol. The maximum atomic E-state index is 5.80. The van der Waals surface area contributed by atoms with E-state index in [0.717, 1.165) is 24.5 Å². The highest BCUT2D eigenvalue weighted by atomic mass is 16.5. The summed E-state index contributed by atoms with van der Waals surface area (Å²) in [6.45, 7) is 15.3. The van der Waals surface area contributed by atoms with E-state index in [9.17, 15) is 0 Å². The zero-order chi connectivity index (χ0) is 15.2. The van der Waals surface area contributed by atoms with Crippen LogP contribution in [0.1, 0.15) is 59.0 Å². The van der Waals surface area contributed by atoms with Crippen LogP contribution in [0.5, 0.6) is 0 Å². The van der Waals surface area contributed by atoms with Crippen molar-refractivity contribution < 1.29 is 4.74 Å². The van der Waals surface area contributed by atoms with Gasteiger partial charge in [-0.2, -0.15) is 0 Å². The van der Waals surface area contributed by atoms with Gasteiger partial charge < -0.3 is 10.1 Å². The van der Waals surface area contributed by atoms with Gasteiger partial charge in [0.25, 0.3) is 0 Å². The van der Waals surface area contributed by atoms with Crippen molar-refractivity contribution >= 4 is 0 Å². The van der Waals surface area contributed by atoms with Gasteiger partial charge in [0.2, 0.25) is 0 Å². The lowest BCUT2D eigenvalue weighted by Gasteiger charge is -2.29. The molecule has 1 atom stereocenters. The van der Waals surface area contributed by atoms with Gasteiger partial charge in [0, 0.05) is 31.1 Å². The quantitative estimate of drug-likeness (QED) is 0.831. The summed E-state index contributed by atoms with van der Waals surface area (Å²) in [5, 5.41) is 3.39. The Hall–Kier alpha value is -1.00. The molecule has 4 nitrogen and oxygen atoms in total. The molecule has 1 rings (SSSR count). The highest BCUT2D eigenvalue weighted by molar-refractivity contribution is 5.07. The summed E-state index contributed by atoms with van der Waals surface area (Å²) >= 11 is 0. The molecular weight excluding hydrogens is 250 g/mol. The molecule has 0 aromatic carbocycles. The molecule has 0 aliphatic carbocycles. The van der Waals surface area contributed by atoms with E-state index in [4.69, 9.17) is 4.74 Å². The molecule has 0 radical (unpaired) electrons. The number of nitrogens with one attached hydrogen (secondary N) is 1. The summed E-state index contributed by atoms with van der Waals surface area (Å²) in [6, 6.07) is 0. The number of nitrogens with zero attached hydrogens (tertiary/aromatic N) is 2. The molecule has 4 heteroatoms. The number of rotatable bonds is 7. The van der Waals surface area contributed by atoms with Gasteiger partial charge in [0.05, 0.1) is 0 Å². The second kappa shape index (κ2) is 7.70. The maximum absolute atomic E-state index is 5.80. The zero-order valence-corrected chi connectivity index (χ0v) is 13.7. The van der Waals surface area contributed by atoms with Crippen molar-refractivity contribution in [1.82, 2.24) is 15.3 Å². The van der Waals surface area contributed by atoms with Crippen LogP contribution >= 0.6 is 0 Å². The van der Waals surface area contributed by atoms with Gasteiger partial charge in [-0.1, -0.05) is 34.6 Å². The summed E-state index contributed by atoms with van der Waals surface area (Å²) in [6.07, 6.45) is 3.73. The van der Waals surface area contributed by atoms with Crippen LogP contribution in [-0.4, -0.2) is 23.1 Å². The van der Waals surface area contributed by atoms with Gasteiger partial charge in [-0.15, -0.1) is 0 Å². The third-order valence-corrected chi connectivity index (χ3v) is 2.96. The first-order chi connectivity index (χ1) is 9.34. The fourth-order valence-corrected chi connectivity index (χ4v) is 1.98. The predicted octanol–water partition coefficient (Wildman–Crippen LogP) is 3.35. The Labute approximate surface area is 123 Å². The van der Waals surface area contributed by atoms with E-state index in [0.29, 0.717) is 12.5 Å². The Morgan fingerprint density at radius 3 is 2.25 bits per heavy atom. The Morgan fingerprint density at radius 1 is 1.20 bits per heavy atom. The highest BCUT2D eigenvalue weighted by Crippen LogP contribution is 2.33. The van der Waals surface area contributed by atoms with Crippen molar-refractivity contribution in [3.8, 4) is 0 Å². The van der Waals surface area contributed by atoms with Crippen molar-refractivity contribution in [2.75, 3.05) is 13.2 Å². The molecule has 1 aromatic rings. The predicted molar refractivity (Wildman–Crippen MR) is 82.4 cm³/mol. The number of ether oxygens (including phenoxy) is 1. The molecule has 20 heavy (non-hydrogen) atoms. The first-order valence-electron chi connectivity index (χ1n) is 7.47. The van der Waals surface area contributed by atoms with Crippen molar-refractivity contribution in [1.29, 1.82) is 0 Å². The number of hydrogen-bond donors (Lipinski definition) is 1. The second-order valence-corrected chi connectivity index (χ2v) is 6.68. The van der Waals surface area contributed by atoms with E-state index >= 15 is 0 Å². The summed E-state index contributed by atoms with van der Waals surface area (Å²) in [7, 11) is 0. The first-order valence-corrected chi connectivity index (χ1v) is 7.47. The largest absolute Gasteiger partial charge is 0.370 e. The smallest absolute Gasteiger partial charge is 0.157 e. The topological polar surface area (TPSA) is 47.0 Å². The fourth-order valence-electron chi connectivity index (χ4n) is 1.98. The fraction of sp³-hybridized carbons (Fsp3) is 0.750. The summed E-state index contributed by atoms with van der Waals surface area (Å²) in [5.74, 6) is 1.42. The Bertz CT molecular complexity index is 382. The molecule has 0 amide bonds. The van der Waals surface area contributed by atoms with Crippen LogP contribution in [-0.2, 0) is 11.3 Å². The minimum absolute atomic E-state index is 0.00653. The van der Waals surface area contributed by atoms with Crippen molar-refractivity contribution in [2.45, 2.75) is 54.2 Å². The molecule has 1 aromatic heterocycles. The third kappa shape index (κ3) is 5.55. The summed E-state index contributed by atoms with van der Waals surface area (Å²) in [5.41, 5.74) is 1.10. The standard InChI is InChI=1S/C16H29N3O/c1-7-20-14(16(4,5)6)15-18-10-13(11-19-15)9-17-8-12(2)3/h10-12,14,17H,7-9H2,1-6H3. The lowest BCUT2D eigenvalue weighted by Crippen LogP contribution is -2.24. The van der Waals surface area contributed by atoms with Crippen molar-refractivity contribution in [3.05, 3.63) is 23.8 Å². The SMILES string of the molecule is CCOC(c1ncc(CNCC(C)C)cn1)C(C)(C)C.